The summed E-state index contributed by atoms with van der Waals surface area (Å²) in [6.45, 7) is 0.373. The molecule has 100 valence electrons. The maximum atomic E-state index is 12.1. The highest BCUT2D eigenvalue weighted by Gasteiger charge is 2.19. The fourth-order valence-corrected chi connectivity index (χ4v) is 3.52. The number of nitrogens with one attached hydrogen (secondary N) is 1. The number of rotatable bonds is 5. The van der Waals surface area contributed by atoms with Crippen molar-refractivity contribution in [1.29, 1.82) is 0 Å². The van der Waals surface area contributed by atoms with E-state index in [9.17, 15) is 8.42 Å². The second kappa shape index (κ2) is 5.82. The van der Waals surface area contributed by atoms with Gasteiger partial charge in [-0.1, -0.05) is 25.0 Å². The highest BCUT2D eigenvalue weighted by molar-refractivity contribution is 7.89. The highest BCUT2D eigenvalue weighted by Crippen LogP contribution is 2.24. The lowest BCUT2D eigenvalue weighted by Gasteiger charge is -2.11. The zero-order valence-corrected chi connectivity index (χ0v) is 11.1. The molecule has 1 aromatic carbocycles. The first kappa shape index (κ1) is 13.5. The third-order valence-electron chi connectivity index (χ3n) is 3.43. The van der Waals surface area contributed by atoms with Crippen LogP contribution in [0.4, 0.5) is 0 Å². The van der Waals surface area contributed by atoms with Gasteiger partial charge in [0.1, 0.15) is 0 Å². The van der Waals surface area contributed by atoms with Crippen molar-refractivity contribution >= 4 is 10.0 Å². The minimum absolute atomic E-state index is 0.147. The van der Waals surface area contributed by atoms with Gasteiger partial charge in [0.15, 0.2) is 0 Å². The molecule has 0 unspecified atom stereocenters. The van der Waals surface area contributed by atoms with E-state index >= 15 is 0 Å². The molecule has 1 fully saturated rings. The molecule has 2 rings (SSSR count). The largest absolute Gasteiger partial charge is 0.392 e. The third-order valence-corrected chi connectivity index (χ3v) is 4.85. The lowest BCUT2D eigenvalue weighted by atomic mass is 10.1. The molecule has 18 heavy (non-hydrogen) atoms. The van der Waals surface area contributed by atoms with Crippen molar-refractivity contribution < 1.29 is 13.5 Å². The van der Waals surface area contributed by atoms with Crippen molar-refractivity contribution in [3.05, 3.63) is 29.8 Å². The average Bonchev–Trinajstić information content (AvgIpc) is 2.90. The fraction of sp³-hybridized carbons (Fsp3) is 0.538. The van der Waals surface area contributed by atoms with E-state index in [4.69, 9.17) is 5.11 Å². The van der Waals surface area contributed by atoms with E-state index in [1.165, 1.54) is 18.9 Å². The predicted octanol–water partition coefficient (Wildman–Crippen LogP) is 1.65. The SMILES string of the molecule is O=S(=O)(NCC1CCCC1)c1cccc(CO)c1. The quantitative estimate of drug-likeness (QED) is 0.854. The Morgan fingerprint density at radius 2 is 2.00 bits per heavy atom. The summed E-state index contributed by atoms with van der Waals surface area (Å²) in [5.74, 6) is 0.473. The molecule has 0 bridgehead atoms. The molecule has 0 aliphatic heterocycles. The van der Waals surface area contributed by atoms with Gasteiger partial charge in [-0.15, -0.1) is 0 Å². The van der Waals surface area contributed by atoms with Crippen LogP contribution in [0.2, 0.25) is 0 Å². The Bertz CT molecular complexity index is 493. The summed E-state index contributed by atoms with van der Waals surface area (Å²) in [7, 11) is -3.44. The second-order valence-corrected chi connectivity index (χ2v) is 6.57. The first-order valence-electron chi connectivity index (χ1n) is 6.31. The average molecular weight is 269 g/mol. The summed E-state index contributed by atoms with van der Waals surface area (Å²) in [6.07, 6.45) is 4.62. The second-order valence-electron chi connectivity index (χ2n) is 4.81. The Labute approximate surface area is 108 Å². The number of aliphatic hydroxyl groups is 1. The topological polar surface area (TPSA) is 66.4 Å². The van der Waals surface area contributed by atoms with Gasteiger partial charge < -0.3 is 5.11 Å². The van der Waals surface area contributed by atoms with Crippen molar-refractivity contribution in [2.75, 3.05) is 6.54 Å². The van der Waals surface area contributed by atoms with Crippen LogP contribution < -0.4 is 4.72 Å². The minimum atomic E-state index is -3.44. The maximum Gasteiger partial charge on any atom is 0.240 e. The Balaban J connectivity index is 2.04. The zero-order chi connectivity index (χ0) is 13.0. The summed E-state index contributed by atoms with van der Waals surface area (Å²) in [6, 6.07) is 6.42. The van der Waals surface area contributed by atoms with E-state index in [-0.39, 0.29) is 11.5 Å². The highest BCUT2D eigenvalue weighted by atomic mass is 32.2. The zero-order valence-electron chi connectivity index (χ0n) is 10.3. The van der Waals surface area contributed by atoms with Crippen LogP contribution in [0.1, 0.15) is 31.2 Å². The maximum absolute atomic E-state index is 12.1. The van der Waals surface area contributed by atoms with Gasteiger partial charge in [0, 0.05) is 6.54 Å². The molecule has 0 amide bonds. The Morgan fingerprint density at radius 1 is 1.28 bits per heavy atom. The Hall–Kier alpha value is -0.910. The van der Waals surface area contributed by atoms with Crippen LogP contribution in [-0.4, -0.2) is 20.1 Å². The molecule has 0 radical (unpaired) electrons. The number of aliphatic hydroxyl groups excluding tert-OH is 1. The van der Waals surface area contributed by atoms with Gasteiger partial charge in [-0.25, -0.2) is 13.1 Å². The molecule has 1 aliphatic carbocycles. The summed E-state index contributed by atoms with van der Waals surface area (Å²) < 4.78 is 26.8. The van der Waals surface area contributed by atoms with E-state index in [2.05, 4.69) is 4.72 Å². The minimum Gasteiger partial charge on any atom is -0.392 e. The molecule has 0 saturated heterocycles. The van der Waals surface area contributed by atoms with Gasteiger partial charge in [0.05, 0.1) is 11.5 Å². The van der Waals surface area contributed by atoms with Crippen LogP contribution in [0.25, 0.3) is 0 Å². The number of hydrogen-bond acceptors (Lipinski definition) is 3. The number of sulfonamides is 1. The molecule has 5 heteroatoms. The molecule has 4 nitrogen and oxygen atoms in total. The molecular formula is C13H19NO3S. The van der Waals surface area contributed by atoms with E-state index in [1.54, 1.807) is 18.2 Å². The Morgan fingerprint density at radius 3 is 2.67 bits per heavy atom. The van der Waals surface area contributed by atoms with E-state index < -0.39 is 10.0 Å². The summed E-state index contributed by atoms with van der Waals surface area (Å²) in [4.78, 5) is 0.229. The third kappa shape index (κ3) is 3.31. The van der Waals surface area contributed by atoms with E-state index in [1.807, 2.05) is 0 Å². The molecule has 0 spiro atoms. The molecular weight excluding hydrogens is 250 g/mol. The van der Waals surface area contributed by atoms with Gasteiger partial charge in [0.2, 0.25) is 10.0 Å². The van der Waals surface area contributed by atoms with Crippen LogP contribution >= 0.6 is 0 Å². The standard InChI is InChI=1S/C13H19NO3S/c15-10-12-6-3-7-13(8-12)18(16,17)14-9-11-4-1-2-5-11/h3,6-8,11,14-15H,1-2,4-5,9-10H2. The molecule has 1 saturated carbocycles. The van der Waals surface area contributed by atoms with E-state index in [0.717, 1.165) is 12.8 Å². The van der Waals surface area contributed by atoms with Crippen LogP contribution in [0.3, 0.4) is 0 Å². The van der Waals surface area contributed by atoms with E-state index in [0.29, 0.717) is 18.0 Å². The lowest BCUT2D eigenvalue weighted by Crippen LogP contribution is -2.28. The fourth-order valence-electron chi connectivity index (χ4n) is 2.34. The molecule has 2 N–H and O–H groups in total. The van der Waals surface area contributed by atoms with Crippen LogP contribution in [0.5, 0.6) is 0 Å². The lowest BCUT2D eigenvalue weighted by molar-refractivity contribution is 0.281. The predicted molar refractivity (Wildman–Crippen MR) is 69.5 cm³/mol. The molecule has 0 heterocycles. The summed E-state index contributed by atoms with van der Waals surface area (Å²) >= 11 is 0. The van der Waals surface area contributed by atoms with Gasteiger partial charge in [-0.2, -0.15) is 0 Å². The van der Waals surface area contributed by atoms with Gasteiger partial charge in [0.25, 0.3) is 0 Å². The van der Waals surface area contributed by atoms with Gasteiger partial charge in [-0.3, -0.25) is 0 Å². The van der Waals surface area contributed by atoms with Crippen molar-refractivity contribution in [2.45, 2.75) is 37.2 Å². The molecule has 1 aromatic rings. The van der Waals surface area contributed by atoms with Crippen molar-refractivity contribution in [2.24, 2.45) is 5.92 Å². The first-order chi connectivity index (χ1) is 8.62. The van der Waals surface area contributed by atoms with Crippen LogP contribution in [-0.2, 0) is 16.6 Å². The number of benzene rings is 1. The van der Waals surface area contributed by atoms with Crippen LogP contribution in [0, 0.1) is 5.92 Å². The summed E-state index contributed by atoms with van der Waals surface area (Å²) in [5, 5.41) is 9.02. The Kier molecular flexibility index (Phi) is 4.37. The normalized spacial score (nSPS) is 17.2. The molecule has 0 aromatic heterocycles. The van der Waals surface area contributed by atoms with Gasteiger partial charge in [-0.05, 0) is 36.5 Å². The molecule has 0 atom stereocenters. The summed E-state index contributed by atoms with van der Waals surface area (Å²) in [5.41, 5.74) is 0.610. The smallest absolute Gasteiger partial charge is 0.240 e. The van der Waals surface area contributed by atoms with Crippen molar-refractivity contribution in [1.82, 2.24) is 4.72 Å². The number of hydrogen-bond donors (Lipinski definition) is 2. The van der Waals surface area contributed by atoms with Crippen LogP contribution in [0.15, 0.2) is 29.2 Å². The first-order valence-corrected chi connectivity index (χ1v) is 7.79. The monoisotopic (exact) mass is 269 g/mol. The molecule has 1 aliphatic rings. The van der Waals surface area contributed by atoms with Crippen molar-refractivity contribution in [3.63, 3.8) is 0 Å². The van der Waals surface area contributed by atoms with Crippen molar-refractivity contribution in [3.8, 4) is 0 Å². The van der Waals surface area contributed by atoms with Gasteiger partial charge >= 0.3 is 0 Å².